The molecule has 1 aliphatic rings. The zero-order chi connectivity index (χ0) is 9.26. The normalized spacial score (nSPS) is 15.8. The Kier molecular flexibility index (Phi) is 2.13. The third kappa shape index (κ3) is 1.94. The van der Waals surface area contributed by atoms with Crippen molar-refractivity contribution in [1.29, 1.82) is 0 Å². The fourth-order valence-electron chi connectivity index (χ4n) is 1.25. The molecule has 0 unspecified atom stereocenters. The van der Waals surface area contributed by atoms with Gasteiger partial charge in [0.2, 0.25) is 0 Å². The Hall–Kier alpha value is -1.18. The van der Waals surface area contributed by atoms with E-state index in [1.165, 1.54) is 12.8 Å². The zero-order valence-electron chi connectivity index (χ0n) is 7.79. The summed E-state index contributed by atoms with van der Waals surface area (Å²) in [5.74, 6) is 1.88. The van der Waals surface area contributed by atoms with Crippen LogP contribution in [0.5, 0.6) is 11.5 Å². The van der Waals surface area contributed by atoms with Crippen molar-refractivity contribution in [2.24, 2.45) is 5.92 Å². The Bertz CT molecular complexity index is 303. The maximum Gasteiger partial charge on any atom is 0.125 e. The first kappa shape index (κ1) is 8.42. The van der Waals surface area contributed by atoms with Crippen molar-refractivity contribution in [3.63, 3.8) is 0 Å². The van der Waals surface area contributed by atoms with Gasteiger partial charge < -0.3 is 9.84 Å². The third-order valence-electron chi connectivity index (χ3n) is 2.43. The Morgan fingerprint density at radius 3 is 2.92 bits per heavy atom. The van der Waals surface area contributed by atoms with E-state index >= 15 is 0 Å². The van der Waals surface area contributed by atoms with Gasteiger partial charge in [-0.1, -0.05) is 6.07 Å². The molecule has 0 aromatic heterocycles. The molecule has 0 heterocycles. The predicted octanol–water partition coefficient (Wildman–Crippen LogP) is 2.49. The van der Waals surface area contributed by atoms with Crippen LogP contribution in [0.15, 0.2) is 18.2 Å². The minimum atomic E-state index is 0.313. The Morgan fingerprint density at radius 1 is 1.46 bits per heavy atom. The fourth-order valence-corrected chi connectivity index (χ4v) is 1.25. The molecule has 0 atom stereocenters. The van der Waals surface area contributed by atoms with Gasteiger partial charge in [-0.15, -0.1) is 0 Å². The summed E-state index contributed by atoms with van der Waals surface area (Å²) in [6.45, 7) is 2.67. The number of hydrogen-bond donors (Lipinski definition) is 1. The number of benzene rings is 1. The number of rotatable bonds is 3. The molecule has 0 amide bonds. The van der Waals surface area contributed by atoms with Gasteiger partial charge in [0.15, 0.2) is 0 Å². The van der Waals surface area contributed by atoms with Gasteiger partial charge in [-0.2, -0.15) is 0 Å². The highest BCUT2D eigenvalue weighted by atomic mass is 16.5. The number of hydrogen-bond acceptors (Lipinski definition) is 2. The average molecular weight is 178 g/mol. The van der Waals surface area contributed by atoms with Gasteiger partial charge in [-0.3, -0.25) is 0 Å². The highest BCUT2D eigenvalue weighted by molar-refractivity contribution is 5.42. The smallest absolute Gasteiger partial charge is 0.125 e. The van der Waals surface area contributed by atoms with E-state index in [1.807, 2.05) is 19.1 Å². The van der Waals surface area contributed by atoms with E-state index in [0.29, 0.717) is 5.75 Å². The van der Waals surface area contributed by atoms with Crippen molar-refractivity contribution in [1.82, 2.24) is 0 Å². The van der Waals surface area contributed by atoms with E-state index in [-0.39, 0.29) is 0 Å². The summed E-state index contributed by atoms with van der Waals surface area (Å²) in [6.07, 6.45) is 2.58. The molecule has 2 nitrogen and oxygen atoms in total. The molecule has 0 bridgehead atoms. The van der Waals surface area contributed by atoms with E-state index in [1.54, 1.807) is 6.07 Å². The number of aromatic hydroxyl groups is 1. The van der Waals surface area contributed by atoms with Crippen LogP contribution in [0.3, 0.4) is 0 Å². The summed E-state index contributed by atoms with van der Waals surface area (Å²) in [6, 6.07) is 5.39. The molecule has 0 spiro atoms. The first-order valence-electron chi connectivity index (χ1n) is 4.69. The molecule has 1 aromatic rings. The van der Waals surface area contributed by atoms with Crippen molar-refractivity contribution in [3.05, 3.63) is 23.8 Å². The van der Waals surface area contributed by atoms with Crippen LogP contribution in [0.25, 0.3) is 0 Å². The molecule has 1 aliphatic carbocycles. The minimum Gasteiger partial charge on any atom is -0.508 e. The van der Waals surface area contributed by atoms with Crippen LogP contribution >= 0.6 is 0 Å². The minimum absolute atomic E-state index is 0.313. The van der Waals surface area contributed by atoms with Crippen LogP contribution in [-0.4, -0.2) is 11.7 Å². The van der Waals surface area contributed by atoms with Gasteiger partial charge in [0.1, 0.15) is 11.5 Å². The van der Waals surface area contributed by atoms with Crippen LogP contribution < -0.4 is 4.74 Å². The highest BCUT2D eigenvalue weighted by Crippen LogP contribution is 2.31. The van der Waals surface area contributed by atoms with Crippen molar-refractivity contribution >= 4 is 0 Å². The van der Waals surface area contributed by atoms with E-state index in [4.69, 9.17) is 4.74 Å². The van der Waals surface area contributed by atoms with Crippen molar-refractivity contribution in [2.75, 3.05) is 6.61 Å². The van der Waals surface area contributed by atoms with Crippen LogP contribution in [0.1, 0.15) is 18.4 Å². The average Bonchev–Trinajstić information content (AvgIpc) is 2.91. The molecule has 70 valence electrons. The predicted molar refractivity (Wildman–Crippen MR) is 51.1 cm³/mol. The largest absolute Gasteiger partial charge is 0.508 e. The topological polar surface area (TPSA) is 29.5 Å². The quantitative estimate of drug-likeness (QED) is 0.770. The molecule has 1 fully saturated rings. The molecule has 2 rings (SSSR count). The first-order chi connectivity index (χ1) is 6.27. The van der Waals surface area contributed by atoms with Gasteiger partial charge in [0, 0.05) is 5.56 Å². The summed E-state index contributed by atoms with van der Waals surface area (Å²) in [4.78, 5) is 0. The van der Waals surface area contributed by atoms with Crippen LogP contribution in [0.4, 0.5) is 0 Å². The van der Waals surface area contributed by atoms with E-state index in [9.17, 15) is 5.11 Å². The van der Waals surface area contributed by atoms with Gasteiger partial charge in [0.25, 0.3) is 0 Å². The number of phenols is 1. The number of ether oxygens (including phenoxy) is 1. The zero-order valence-corrected chi connectivity index (χ0v) is 7.79. The Balaban J connectivity index is 2.05. The Labute approximate surface area is 78.2 Å². The molecule has 0 radical (unpaired) electrons. The van der Waals surface area contributed by atoms with E-state index < -0.39 is 0 Å². The van der Waals surface area contributed by atoms with E-state index in [2.05, 4.69) is 0 Å². The molecule has 2 heteroatoms. The maximum absolute atomic E-state index is 9.40. The molecule has 1 N–H and O–H groups in total. The molecule has 13 heavy (non-hydrogen) atoms. The fraction of sp³-hybridized carbons (Fsp3) is 0.455. The first-order valence-corrected chi connectivity index (χ1v) is 4.69. The second-order valence-electron chi connectivity index (χ2n) is 3.65. The summed E-state index contributed by atoms with van der Waals surface area (Å²) in [5, 5.41) is 9.40. The van der Waals surface area contributed by atoms with Crippen molar-refractivity contribution in [2.45, 2.75) is 19.8 Å². The third-order valence-corrected chi connectivity index (χ3v) is 2.43. The number of phenolic OH excluding ortho intramolecular Hbond substituents is 1. The lowest BCUT2D eigenvalue weighted by atomic mass is 10.2. The molecule has 0 aliphatic heterocycles. The monoisotopic (exact) mass is 178 g/mol. The molecule has 0 saturated heterocycles. The second kappa shape index (κ2) is 3.29. The standard InChI is InChI=1S/C11H14O2/c1-8-10(12)3-2-4-11(8)13-7-9-5-6-9/h2-4,9,12H,5-7H2,1H3. The molecule has 1 aromatic carbocycles. The molecular formula is C11H14O2. The van der Waals surface area contributed by atoms with Gasteiger partial charge in [0.05, 0.1) is 6.61 Å². The van der Waals surface area contributed by atoms with Crippen molar-refractivity contribution in [3.8, 4) is 11.5 Å². The summed E-state index contributed by atoms with van der Waals surface area (Å²) >= 11 is 0. The van der Waals surface area contributed by atoms with Gasteiger partial charge in [-0.25, -0.2) is 0 Å². The lowest BCUT2D eigenvalue weighted by molar-refractivity contribution is 0.296. The van der Waals surface area contributed by atoms with Crippen LogP contribution in [0, 0.1) is 12.8 Å². The van der Waals surface area contributed by atoms with Gasteiger partial charge in [-0.05, 0) is 37.8 Å². The lowest BCUT2D eigenvalue weighted by Gasteiger charge is -2.08. The highest BCUT2D eigenvalue weighted by Gasteiger charge is 2.22. The van der Waals surface area contributed by atoms with Crippen molar-refractivity contribution < 1.29 is 9.84 Å². The lowest BCUT2D eigenvalue weighted by Crippen LogP contribution is -2.00. The maximum atomic E-state index is 9.40. The van der Waals surface area contributed by atoms with Gasteiger partial charge >= 0.3 is 0 Å². The summed E-state index contributed by atoms with van der Waals surface area (Å²) < 4.78 is 5.58. The summed E-state index contributed by atoms with van der Waals surface area (Å²) in [7, 11) is 0. The summed E-state index contributed by atoms with van der Waals surface area (Å²) in [5.41, 5.74) is 0.836. The van der Waals surface area contributed by atoms with Crippen LogP contribution in [-0.2, 0) is 0 Å². The second-order valence-corrected chi connectivity index (χ2v) is 3.65. The van der Waals surface area contributed by atoms with E-state index in [0.717, 1.165) is 23.8 Å². The molecule has 1 saturated carbocycles. The van der Waals surface area contributed by atoms with Crippen LogP contribution in [0.2, 0.25) is 0 Å². The Morgan fingerprint density at radius 2 is 2.23 bits per heavy atom. The molecular weight excluding hydrogens is 164 g/mol. The SMILES string of the molecule is Cc1c(O)cccc1OCC1CC1.